The molecule has 0 amide bonds. The van der Waals surface area contributed by atoms with Crippen molar-refractivity contribution in [1.29, 1.82) is 0 Å². The summed E-state index contributed by atoms with van der Waals surface area (Å²) in [5.74, 6) is 0.853. The first-order valence-electron chi connectivity index (χ1n) is 13.4. The first kappa shape index (κ1) is 25.5. The van der Waals surface area contributed by atoms with Crippen LogP contribution in [0.4, 0.5) is 0 Å². The Kier molecular flexibility index (Phi) is 7.03. The summed E-state index contributed by atoms with van der Waals surface area (Å²) in [6.45, 7) is 3.28. The Morgan fingerprint density at radius 2 is 2.03 bits per heavy atom. The molecule has 1 aliphatic heterocycles. The van der Waals surface area contributed by atoms with E-state index in [1.807, 2.05) is 19.1 Å². The molecule has 3 aromatic rings. The van der Waals surface area contributed by atoms with Crippen LogP contribution in [0.3, 0.4) is 0 Å². The minimum Gasteiger partial charge on any atom is -0.489 e. The Morgan fingerprint density at radius 1 is 1.13 bits per heavy atom. The van der Waals surface area contributed by atoms with Gasteiger partial charge in [0.25, 0.3) is 0 Å². The highest BCUT2D eigenvalue weighted by Crippen LogP contribution is 2.48. The van der Waals surface area contributed by atoms with Gasteiger partial charge in [-0.3, -0.25) is 4.79 Å². The molecule has 12 heteroatoms. The second kappa shape index (κ2) is 10.8. The maximum Gasteiger partial charge on any atom is 0.320 e. The molecule has 1 N–H and O–H groups in total. The van der Waals surface area contributed by atoms with Crippen molar-refractivity contribution < 1.29 is 28.8 Å². The lowest BCUT2D eigenvalue weighted by molar-refractivity contribution is -0.143. The van der Waals surface area contributed by atoms with Crippen molar-refractivity contribution in [3.63, 3.8) is 0 Å². The molecule has 1 saturated heterocycles. The van der Waals surface area contributed by atoms with Gasteiger partial charge in [-0.15, -0.1) is 5.10 Å². The number of hydrogen-bond donors (Lipinski definition) is 1. The Hall–Kier alpha value is -3.80. The topological polar surface area (TPSA) is 144 Å². The molecule has 2 aliphatic carbocycles. The van der Waals surface area contributed by atoms with Crippen molar-refractivity contribution >= 4 is 5.97 Å². The zero-order chi connectivity index (χ0) is 26.9. The van der Waals surface area contributed by atoms with Gasteiger partial charge in [-0.05, 0) is 56.6 Å². The summed E-state index contributed by atoms with van der Waals surface area (Å²) < 4.78 is 25.0. The van der Waals surface area contributed by atoms with Crippen LogP contribution in [0, 0.1) is 24.7 Å². The van der Waals surface area contributed by atoms with Crippen molar-refractivity contribution in [3.8, 4) is 29.0 Å². The van der Waals surface area contributed by atoms with Crippen LogP contribution in [-0.2, 0) is 23.2 Å². The van der Waals surface area contributed by atoms with Crippen LogP contribution in [-0.4, -0.2) is 66.4 Å². The summed E-state index contributed by atoms with van der Waals surface area (Å²) in [6.07, 6.45) is 5.82. The fourth-order valence-electron chi connectivity index (χ4n) is 6.03. The third kappa shape index (κ3) is 5.38. The zero-order valence-electron chi connectivity index (χ0n) is 22.0. The number of aryl methyl sites for hydroxylation is 2. The molecule has 6 rings (SSSR count). The molecule has 0 spiro atoms. The highest BCUT2D eigenvalue weighted by molar-refractivity contribution is 5.71. The molecule has 0 bridgehead atoms. The van der Waals surface area contributed by atoms with Gasteiger partial charge in [0.15, 0.2) is 0 Å². The van der Waals surface area contributed by atoms with Gasteiger partial charge in [0, 0.05) is 25.7 Å². The maximum atomic E-state index is 11.6. The van der Waals surface area contributed by atoms with Gasteiger partial charge in [0.1, 0.15) is 29.8 Å². The Bertz CT molecular complexity index is 1340. The molecule has 0 radical (unpaired) electrons. The van der Waals surface area contributed by atoms with E-state index in [1.54, 1.807) is 24.0 Å². The molecule has 3 aromatic heterocycles. The molecule has 5 atom stereocenters. The Balaban J connectivity index is 1.11. The molecule has 4 heterocycles. The van der Waals surface area contributed by atoms with E-state index in [4.69, 9.17) is 23.9 Å². The van der Waals surface area contributed by atoms with Gasteiger partial charge in [-0.2, -0.15) is 4.98 Å². The SMILES string of the molecule is Cc1nc(-c2nnn(C)c2COc2nccc(O[C@@H]3CCOC3)n2)ccc1O[C@H]1C[C@H]2CC[C@@H](C(=O)O)[C@H]2C1. The fourth-order valence-corrected chi connectivity index (χ4v) is 6.03. The average Bonchev–Trinajstić information content (AvgIpc) is 3.70. The van der Waals surface area contributed by atoms with Crippen molar-refractivity contribution in [2.45, 2.75) is 57.8 Å². The van der Waals surface area contributed by atoms with Crippen LogP contribution < -0.4 is 14.2 Å². The zero-order valence-corrected chi connectivity index (χ0v) is 22.0. The van der Waals surface area contributed by atoms with E-state index in [9.17, 15) is 9.90 Å². The molecule has 3 aliphatic rings. The number of carboxylic acids is 1. The van der Waals surface area contributed by atoms with Crippen LogP contribution in [0.5, 0.6) is 17.6 Å². The third-order valence-electron chi connectivity index (χ3n) is 8.03. The number of hydrogen-bond acceptors (Lipinski definition) is 10. The van der Waals surface area contributed by atoms with Crippen LogP contribution >= 0.6 is 0 Å². The molecule has 0 aromatic carbocycles. The first-order chi connectivity index (χ1) is 18.9. The van der Waals surface area contributed by atoms with Crippen molar-refractivity contribution in [1.82, 2.24) is 29.9 Å². The minimum atomic E-state index is -0.680. The molecular formula is C27H32N6O6. The van der Waals surface area contributed by atoms with Crippen LogP contribution in [0.1, 0.15) is 43.5 Å². The molecular weight excluding hydrogens is 504 g/mol. The first-order valence-corrected chi connectivity index (χ1v) is 13.4. The van der Waals surface area contributed by atoms with Crippen molar-refractivity contribution in [3.05, 3.63) is 35.8 Å². The predicted octanol–water partition coefficient (Wildman–Crippen LogP) is 2.99. The van der Waals surface area contributed by atoms with Gasteiger partial charge in [-0.1, -0.05) is 5.21 Å². The fraction of sp³-hybridized carbons (Fsp3) is 0.556. The number of carboxylic acid groups (broad SMARTS) is 1. The second-order valence-corrected chi connectivity index (χ2v) is 10.5. The lowest BCUT2D eigenvalue weighted by Gasteiger charge is -2.18. The van der Waals surface area contributed by atoms with Crippen LogP contribution in [0.25, 0.3) is 11.4 Å². The van der Waals surface area contributed by atoms with Gasteiger partial charge in [0.2, 0.25) is 5.88 Å². The van der Waals surface area contributed by atoms with E-state index >= 15 is 0 Å². The van der Waals surface area contributed by atoms with E-state index in [1.165, 1.54) is 0 Å². The summed E-state index contributed by atoms with van der Waals surface area (Å²) >= 11 is 0. The molecule has 3 fully saturated rings. The number of nitrogens with zero attached hydrogens (tertiary/aromatic N) is 6. The number of carbonyl (C=O) groups is 1. The van der Waals surface area contributed by atoms with Gasteiger partial charge >= 0.3 is 12.0 Å². The van der Waals surface area contributed by atoms with Crippen molar-refractivity contribution in [2.75, 3.05) is 13.2 Å². The highest BCUT2D eigenvalue weighted by Gasteiger charge is 2.47. The minimum absolute atomic E-state index is 0.00918. The summed E-state index contributed by atoms with van der Waals surface area (Å²) in [4.78, 5) is 24.9. The monoisotopic (exact) mass is 536 g/mol. The average molecular weight is 537 g/mol. The molecule has 2 saturated carbocycles. The van der Waals surface area contributed by atoms with E-state index in [0.717, 1.165) is 43.5 Å². The van der Waals surface area contributed by atoms with E-state index in [0.29, 0.717) is 42.1 Å². The number of rotatable bonds is 9. The quantitative estimate of drug-likeness (QED) is 0.431. The largest absolute Gasteiger partial charge is 0.489 e. The Morgan fingerprint density at radius 3 is 2.82 bits per heavy atom. The molecule has 12 nitrogen and oxygen atoms in total. The van der Waals surface area contributed by atoms with E-state index < -0.39 is 5.97 Å². The molecule has 206 valence electrons. The van der Waals surface area contributed by atoms with Crippen LogP contribution in [0.15, 0.2) is 24.4 Å². The number of pyridine rings is 1. The summed E-state index contributed by atoms with van der Waals surface area (Å²) in [7, 11) is 1.79. The molecule has 0 unspecified atom stereocenters. The maximum absolute atomic E-state index is 11.6. The van der Waals surface area contributed by atoms with E-state index in [-0.39, 0.29) is 36.7 Å². The predicted molar refractivity (Wildman–Crippen MR) is 136 cm³/mol. The third-order valence-corrected chi connectivity index (χ3v) is 8.03. The second-order valence-electron chi connectivity index (χ2n) is 10.5. The smallest absolute Gasteiger partial charge is 0.320 e. The number of ether oxygens (including phenoxy) is 4. The van der Waals surface area contributed by atoms with Crippen molar-refractivity contribution in [2.24, 2.45) is 24.8 Å². The standard InChI is InChI=1S/C27H32N6O6/c1-15-23(38-18-11-16-3-4-19(26(34)35)20(16)12-18)6-5-21(29-15)25-22(33(2)32-31-25)14-37-27-28-9-7-24(30-27)39-17-8-10-36-13-17/h5-7,9,16-20H,3-4,8,10-14H2,1-2H3,(H,34,35)/t16-,17-,18+,19-,20+/m1/s1. The van der Waals surface area contributed by atoms with E-state index in [2.05, 4.69) is 20.3 Å². The normalized spacial score (nSPS) is 25.9. The number of aromatic nitrogens is 6. The lowest BCUT2D eigenvalue weighted by atomic mass is 9.92. The number of aliphatic carboxylic acids is 1. The lowest BCUT2D eigenvalue weighted by Crippen LogP contribution is -2.21. The van der Waals surface area contributed by atoms with Gasteiger partial charge < -0.3 is 24.1 Å². The van der Waals surface area contributed by atoms with Gasteiger partial charge in [-0.25, -0.2) is 14.6 Å². The summed E-state index contributed by atoms with van der Waals surface area (Å²) in [5.41, 5.74) is 2.71. The summed E-state index contributed by atoms with van der Waals surface area (Å²) in [6, 6.07) is 5.65. The molecule has 39 heavy (non-hydrogen) atoms. The highest BCUT2D eigenvalue weighted by atomic mass is 16.6. The Labute approximate surface area is 225 Å². The van der Waals surface area contributed by atoms with Gasteiger partial charge in [0.05, 0.1) is 36.6 Å². The summed E-state index contributed by atoms with van der Waals surface area (Å²) in [5, 5.41) is 18.0. The van der Waals surface area contributed by atoms with Crippen LogP contribution in [0.2, 0.25) is 0 Å². The number of fused-ring (bicyclic) bond motifs is 1.